The third-order valence-electron chi connectivity index (χ3n) is 3.90. The maximum atomic E-state index is 4.45. The Kier molecular flexibility index (Phi) is 3.04. The Balaban J connectivity index is 1.79. The van der Waals surface area contributed by atoms with Crippen molar-refractivity contribution in [3.63, 3.8) is 0 Å². The van der Waals surface area contributed by atoms with Crippen molar-refractivity contribution in [1.29, 1.82) is 0 Å². The zero-order valence-electron chi connectivity index (χ0n) is 11.6. The van der Waals surface area contributed by atoms with Crippen LogP contribution in [-0.4, -0.2) is 44.3 Å². The molecule has 1 fully saturated rings. The Hall–Kier alpha value is -2.41. The molecule has 3 aromatic rings. The quantitative estimate of drug-likeness (QED) is 0.584. The van der Waals surface area contributed by atoms with Crippen LogP contribution in [-0.2, 0) is 0 Å². The van der Waals surface area contributed by atoms with E-state index in [4.69, 9.17) is 0 Å². The summed E-state index contributed by atoms with van der Waals surface area (Å²) < 4.78 is 0. The Bertz CT molecular complexity index is 725. The van der Waals surface area contributed by atoms with E-state index in [1.54, 1.807) is 6.33 Å². The van der Waals surface area contributed by atoms with E-state index in [1.165, 1.54) is 6.42 Å². The first-order chi connectivity index (χ1) is 10.4. The molecule has 0 aromatic carbocycles. The summed E-state index contributed by atoms with van der Waals surface area (Å²) in [5.74, 6) is 0.733. The number of fused-ring (bicyclic) bond motifs is 1. The van der Waals surface area contributed by atoms with E-state index >= 15 is 0 Å². The van der Waals surface area contributed by atoms with Crippen LogP contribution in [0.15, 0.2) is 24.8 Å². The van der Waals surface area contributed by atoms with Gasteiger partial charge in [0.15, 0.2) is 5.82 Å². The highest BCUT2D eigenvalue weighted by Crippen LogP contribution is 2.32. The highest BCUT2D eigenvalue weighted by atomic mass is 15.2. The number of hydrogen-bond donors (Lipinski definition) is 4. The molecule has 108 valence electrons. The van der Waals surface area contributed by atoms with Crippen molar-refractivity contribution >= 4 is 16.7 Å². The van der Waals surface area contributed by atoms with Crippen LogP contribution in [0.1, 0.15) is 12.8 Å². The Morgan fingerprint density at radius 1 is 1.29 bits per heavy atom. The number of nitrogens with one attached hydrogen (secondary N) is 4. The fourth-order valence-corrected chi connectivity index (χ4v) is 2.86. The van der Waals surface area contributed by atoms with Gasteiger partial charge in [0.05, 0.1) is 11.3 Å². The van der Waals surface area contributed by atoms with Crippen LogP contribution < -0.4 is 10.6 Å². The average molecular weight is 283 g/mol. The van der Waals surface area contributed by atoms with E-state index in [1.807, 2.05) is 18.5 Å². The van der Waals surface area contributed by atoms with Crippen molar-refractivity contribution < 1.29 is 0 Å². The summed E-state index contributed by atoms with van der Waals surface area (Å²) in [6.07, 6.45) is 7.68. The fraction of sp³-hybridized carbons (Fsp3) is 0.357. The van der Waals surface area contributed by atoms with Gasteiger partial charge in [-0.05, 0) is 25.5 Å². The van der Waals surface area contributed by atoms with Crippen molar-refractivity contribution in [2.75, 3.05) is 18.4 Å². The lowest BCUT2D eigenvalue weighted by Gasteiger charge is -2.26. The zero-order valence-corrected chi connectivity index (χ0v) is 11.6. The van der Waals surface area contributed by atoms with Crippen LogP contribution in [0.3, 0.4) is 0 Å². The largest absolute Gasteiger partial charge is 0.380 e. The molecule has 0 aliphatic carbocycles. The molecule has 21 heavy (non-hydrogen) atoms. The minimum atomic E-state index is 0.418. The van der Waals surface area contributed by atoms with Crippen molar-refractivity contribution in [3.05, 3.63) is 24.8 Å². The van der Waals surface area contributed by atoms with Gasteiger partial charge in [0.1, 0.15) is 12.0 Å². The second kappa shape index (κ2) is 5.17. The third-order valence-corrected chi connectivity index (χ3v) is 3.90. The lowest BCUT2D eigenvalue weighted by atomic mass is 10.1. The molecule has 0 saturated carbocycles. The molecule has 1 atom stereocenters. The van der Waals surface area contributed by atoms with Gasteiger partial charge in [-0.1, -0.05) is 0 Å². The summed E-state index contributed by atoms with van der Waals surface area (Å²) in [6.45, 7) is 2.08. The molecule has 7 heteroatoms. The van der Waals surface area contributed by atoms with Gasteiger partial charge in [-0.3, -0.25) is 0 Å². The van der Waals surface area contributed by atoms with E-state index in [9.17, 15) is 0 Å². The number of anilines is 1. The Morgan fingerprint density at radius 2 is 2.29 bits per heavy atom. The SMILES string of the molecule is c1nnc(-c2cnc3[nH]ccc3c2N[C@@H]2CCCNC2)[nH]1. The summed E-state index contributed by atoms with van der Waals surface area (Å²) in [4.78, 5) is 10.7. The standard InChI is InChI=1S/C14H17N7/c1-2-9(6-15-4-1)20-12-10-3-5-16-13(10)17-7-11(12)14-18-8-19-21-14/h3,5,7-9,15H,1-2,4,6H2,(H2,16,17,20)(H,18,19,21)/t9-/m1/s1. The molecule has 0 spiro atoms. The molecule has 0 amide bonds. The van der Waals surface area contributed by atoms with Crippen LogP contribution >= 0.6 is 0 Å². The molecule has 4 rings (SSSR count). The summed E-state index contributed by atoms with van der Waals surface area (Å²) in [6, 6.07) is 2.46. The molecule has 3 aromatic heterocycles. The number of nitrogens with zero attached hydrogens (tertiary/aromatic N) is 3. The molecule has 4 N–H and O–H groups in total. The number of H-pyrrole nitrogens is 2. The zero-order chi connectivity index (χ0) is 14.1. The summed E-state index contributed by atoms with van der Waals surface area (Å²) in [5, 5.41) is 16.2. The molecule has 7 nitrogen and oxygen atoms in total. The Labute approximate surface area is 121 Å². The molecule has 1 aliphatic heterocycles. The van der Waals surface area contributed by atoms with Gasteiger partial charge >= 0.3 is 0 Å². The van der Waals surface area contributed by atoms with Crippen molar-refractivity contribution in [2.24, 2.45) is 0 Å². The van der Waals surface area contributed by atoms with Gasteiger partial charge in [0, 0.05) is 30.4 Å². The van der Waals surface area contributed by atoms with Crippen LogP contribution in [0.5, 0.6) is 0 Å². The van der Waals surface area contributed by atoms with E-state index in [0.29, 0.717) is 6.04 Å². The summed E-state index contributed by atoms with van der Waals surface area (Å²) in [5.41, 5.74) is 2.89. The molecule has 4 heterocycles. The van der Waals surface area contributed by atoms with Crippen molar-refractivity contribution in [1.82, 2.24) is 30.5 Å². The van der Waals surface area contributed by atoms with E-state index in [-0.39, 0.29) is 0 Å². The van der Waals surface area contributed by atoms with Gasteiger partial charge in [0.2, 0.25) is 0 Å². The van der Waals surface area contributed by atoms with Gasteiger partial charge in [0.25, 0.3) is 0 Å². The van der Waals surface area contributed by atoms with Gasteiger partial charge in [-0.15, -0.1) is 10.2 Å². The van der Waals surface area contributed by atoms with Gasteiger partial charge in [-0.2, -0.15) is 0 Å². The van der Waals surface area contributed by atoms with Crippen LogP contribution in [0.4, 0.5) is 5.69 Å². The smallest absolute Gasteiger partial charge is 0.164 e. The summed E-state index contributed by atoms with van der Waals surface area (Å²) in [7, 11) is 0. The molecule has 0 radical (unpaired) electrons. The minimum absolute atomic E-state index is 0.418. The number of aromatic nitrogens is 5. The number of pyridine rings is 1. The number of aromatic amines is 2. The highest BCUT2D eigenvalue weighted by Gasteiger charge is 2.18. The first kappa shape index (κ1) is 12.3. The third kappa shape index (κ3) is 2.25. The second-order valence-electron chi connectivity index (χ2n) is 5.31. The molecular formula is C14H17N7. The fourth-order valence-electron chi connectivity index (χ4n) is 2.86. The molecule has 1 saturated heterocycles. The number of rotatable bonds is 3. The second-order valence-corrected chi connectivity index (χ2v) is 5.31. The Morgan fingerprint density at radius 3 is 3.10 bits per heavy atom. The maximum absolute atomic E-state index is 4.45. The van der Waals surface area contributed by atoms with Crippen LogP contribution in [0.2, 0.25) is 0 Å². The van der Waals surface area contributed by atoms with Gasteiger partial charge < -0.3 is 20.6 Å². The van der Waals surface area contributed by atoms with Crippen molar-refractivity contribution in [2.45, 2.75) is 18.9 Å². The molecule has 1 aliphatic rings. The first-order valence-corrected chi connectivity index (χ1v) is 7.21. The normalized spacial score (nSPS) is 19.0. The molecule has 0 unspecified atom stereocenters. The lowest BCUT2D eigenvalue weighted by Crippen LogP contribution is -2.38. The van der Waals surface area contributed by atoms with Crippen molar-refractivity contribution in [3.8, 4) is 11.4 Å². The predicted octanol–water partition coefficient (Wildman–Crippen LogP) is 1.51. The maximum Gasteiger partial charge on any atom is 0.164 e. The molecule has 0 bridgehead atoms. The van der Waals surface area contributed by atoms with Crippen LogP contribution in [0.25, 0.3) is 22.4 Å². The lowest BCUT2D eigenvalue weighted by molar-refractivity contribution is 0.480. The topological polar surface area (TPSA) is 94.3 Å². The first-order valence-electron chi connectivity index (χ1n) is 7.21. The number of piperidine rings is 1. The van der Waals surface area contributed by atoms with E-state index < -0.39 is 0 Å². The highest BCUT2D eigenvalue weighted by molar-refractivity contribution is 5.97. The van der Waals surface area contributed by atoms with Crippen LogP contribution in [0, 0.1) is 0 Å². The van der Waals surface area contributed by atoms with E-state index in [0.717, 1.165) is 47.6 Å². The predicted molar refractivity (Wildman–Crippen MR) is 81.0 cm³/mol. The minimum Gasteiger partial charge on any atom is -0.380 e. The number of hydrogen-bond acceptors (Lipinski definition) is 5. The summed E-state index contributed by atoms with van der Waals surface area (Å²) >= 11 is 0. The average Bonchev–Trinajstić information content (AvgIpc) is 3.20. The monoisotopic (exact) mass is 283 g/mol. The van der Waals surface area contributed by atoms with E-state index in [2.05, 4.69) is 35.8 Å². The van der Waals surface area contributed by atoms with Gasteiger partial charge in [-0.25, -0.2) is 4.98 Å². The molecular weight excluding hydrogens is 266 g/mol.